The van der Waals surface area contributed by atoms with Crippen LogP contribution in [0.25, 0.3) is 5.69 Å². The van der Waals surface area contributed by atoms with E-state index in [9.17, 15) is 0 Å². The number of hydrogen-bond acceptors (Lipinski definition) is 5. The SMILES string of the molecule is COc1ccc(NCc2n[nH]c(=S)n2-c2ccccc2OC)cc1. The van der Waals surface area contributed by atoms with Crippen molar-refractivity contribution in [3.8, 4) is 17.2 Å². The topological polar surface area (TPSA) is 64.1 Å². The molecule has 0 unspecified atom stereocenters. The zero-order chi connectivity index (χ0) is 16.9. The number of nitrogens with zero attached hydrogens (tertiary/aromatic N) is 2. The number of ether oxygens (including phenoxy) is 2. The van der Waals surface area contributed by atoms with Crippen molar-refractivity contribution in [2.75, 3.05) is 19.5 Å². The molecule has 124 valence electrons. The van der Waals surface area contributed by atoms with Gasteiger partial charge in [0.1, 0.15) is 11.5 Å². The van der Waals surface area contributed by atoms with Gasteiger partial charge in [0, 0.05) is 5.69 Å². The highest BCUT2D eigenvalue weighted by Gasteiger charge is 2.12. The molecule has 3 aromatic rings. The van der Waals surface area contributed by atoms with Crippen LogP contribution in [0, 0.1) is 4.77 Å². The Labute approximate surface area is 145 Å². The van der Waals surface area contributed by atoms with Crippen molar-refractivity contribution in [3.63, 3.8) is 0 Å². The first-order valence-corrected chi connectivity index (χ1v) is 7.81. The number of aromatic nitrogens is 3. The van der Waals surface area contributed by atoms with Gasteiger partial charge in [0.25, 0.3) is 0 Å². The van der Waals surface area contributed by atoms with Crippen LogP contribution in [0.3, 0.4) is 0 Å². The van der Waals surface area contributed by atoms with Gasteiger partial charge in [-0.2, -0.15) is 5.10 Å². The summed E-state index contributed by atoms with van der Waals surface area (Å²) in [6.45, 7) is 0.511. The first-order chi connectivity index (χ1) is 11.7. The summed E-state index contributed by atoms with van der Waals surface area (Å²) in [7, 11) is 3.28. The summed E-state index contributed by atoms with van der Waals surface area (Å²) in [6.07, 6.45) is 0. The predicted molar refractivity (Wildman–Crippen MR) is 95.6 cm³/mol. The molecule has 0 fully saturated rings. The van der Waals surface area contributed by atoms with Crippen LogP contribution in [0.1, 0.15) is 5.82 Å². The zero-order valence-corrected chi connectivity index (χ0v) is 14.3. The molecule has 0 atom stereocenters. The Balaban J connectivity index is 1.86. The van der Waals surface area contributed by atoms with Crippen molar-refractivity contribution in [1.29, 1.82) is 0 Å². The van der Waals surface area contributed by atoms with E-state index >= 15 is 0 Å². The number of H-pyrrole nitrogens is 1. The number of anilines is 1. The normalized spacial score (nSPS) is 10.4. The fourth-order valence-corrected chi connectivity index (χ4v) is 2.65. The zero-order valence-electron chi connectivity index (χ0n) is 13.4. The maximum atomic E-state index is 5.42. The molecule has 2 N–H and O–H groups in total. The van der Waals surface area contributed by atoms with E-state index in [1.54, 1.807) is 14.2 Å². The van der Waals surface area contributed by atoms with Gasteiger partial charge >= 0.3 is 0 Å². The Morgan fingerprint density at radius 2 is 1.83 bits per heavy atom. The van der Waals surface area contributed by atoms with E-state index in [0.29, 0.717) is 11.3 Å². The Morgan fingerprint density at radius 1 is 1.08 bits per heavy atom. The molecule has 0 spiro atoms. The molecule has 1 aromatic heterocycles. The van der Waals surface area contributed by atoms with Crippen LogP contribution in [-0.4, -0.2) is 29.0 Å². The Bertz CT molecular complexity index is 871. The molecule has 3 rings (SSSR count). The van der Waals surface area contributed by atoms with Crippen molar-refractivity contribution in [1.82, 2.24) is 14.8 Å². The Kier molecular flexibility index (Phi) is 4.81. The highest BCUT2D eigenvalue weighted by atomic mass is 32.1. The third-order valence-electron chi connectivity index (χ3n) is 3.61. The van der Waals surface area contributed by atoms with Crippen LogP contribution in [0.4, 0.5) is 5.69 Å². The molecular weight excluding hydrogens is 324 g/mol. The molecule has 1 heterocycles. The molecule has 0 radical (unpaired) electrons. The summed E-state index contributed by atoms with van der Waals surface area (Å²) in [5.74, 6) is 2.32. The van der Waals surface area contributed by atoms with Crippen molar-refractivity contribution < 1.29 is 9.47 Å². The van der Waals surface area contributed by atoms with Crippen molar-refractivity contribution in [2.45, 2.75) is 6.54 Å². The van der Waals surface area contributed by atoms with Crippen molar-refractivity contribution >= 4 is 17.9 Å². The molecule has 0 saturated carbocycles. The van der Waals surface area contributed by atoms with Gasteiger partial charge in [-0.05, 0) is 48.6 Å². The summed E-state index contributed by atoms with van der Waals surface area (Å²) in [5.41, 5.74) is 1.82. The standard InChI is InChI=1S/C17H18N4O2S/c1-22-13-9-7-12(8-10-13)18-11-16-19-20-17(24)21(16)14-5-3-4-6-15(14)23-2/h3-10,18H,11H2,1-2H3,(H,20,24). The second-order valence-electron chi connectivity index (χ2n) is 5.03. The summed E-state index contributed by atoms with van der Waals surface area (Å²) < 4.78 is 13.0. The van der Waals surface area contributed by atoms with Crippen LogP contribution in [0.2, 0.25) is 0 Å². The summed E-state index contributed by atoms with van der Waals surface area (Å²) in [6, 6.07) is 15.4. The predicted octanol–water partition coefficient (Wildman–Crippen LogP) is 3.56. The largest absolute Gasteiger partial charge is 0.497 e. The van der Waals surface area contributed by atoms with Gasteiger partial charge in [0.15, 0.2) is 10.6 Å². The second-order valence-corrected chi connectivity index (χ2v) is 5.42. The third-order valence-corrected chi connectivity index (χ3v) is 3.88. The molecule has 0 amide bonds. The number of aromatic amines is 1. The molecule has 0 aliphatic rings. The van der Waals surface area contributed by atoms with E-state index in [0.717, 1.165) is 28.7 Å². The lowest BCUT2D eigenvalue weighted by atomic mass is 10.3. The average molecular weight is 342 g/mol. The number of hydrogen-bond donors (Lipinski definition) is 2. The fraction of sp³-hybridized carbons (Fsp3) is 0.176. The third kappa shape index (κ3) is 3.26. The second kappa shape index (κ2) is 7.18. The van der Waals surface area contributed by atoms with E-state index < -0.39 is 0 Å². The van der Waals surface area contributed by atoms with E-state index in [1.807, 2.05) is 53.1 Å². The maximum absolute atomic E-state index is 5.42. The number of rotatable bonds is 6. The quantitative estimate of drug-likeness (QED) is 0.671. The highest BCUT2D eigenvalue weighted by molar-refractivity contribution is 7.71. The number of benzene rings is 2. The molecule has 0 aliphatic carbocycles. The first-order valence-electron chi connectivity index (χ1n) is 7.40. The van der Waals surface area contributed by atoms with Gasteiger partial charge < -0.3 is 14.8 Å². The molecule has 0 aliphatic heterocycles. The molecule has 0 bridgehead atoms. The van der Waals surface area contributed by atoms with Gasteiger partial charge in [-0.15, -0.1) is 0 Å². The molecule has 6 nitrogen and oxygen atoms in total. The summed E-state index contributed by atoms with van der Waals surface area (Å²) in [5, 5.41) is 10.5. The monoisotopic (exact) mass is 342 g/mol. The van der Waals surface area contributed by atoms with E-state index in [4.69, 9.17) is 21.7 Å². The summed E-state index contributed by atoms with van der Waals surface area (Å²) in [4.78, 5) is 0. The van der Waals surface area contributed by atoms with Crippen molar-refractivity contribution in [2.24, 2.45) is 0 Å². The van der Waals surface area contributed by atoms with Crippen LogP contribution >= 0.6 is 12.2 Å². The number of nitrogens with one attached hydrogen (secondary N) is 2. The van der Waals surface area contributed by atoms with E-state index in [-0.39, 0.29) is 0 Å². The molecule has 0 saturated heterocycles. The average Bonchev–Trinajstić information content (AvgIpc) is 3.00. The molecule has 2 aromatic carbocycles. The van der Waals surface area contributed by atoms with Gasteiger partial charge in [-0.1, -0.05) is 12.1 Å². The van der Waals surface area contributed by atoms with Gasteiger partial charge in [0.05, 0.1) is 26.5 Å². The van der Waals surface area contributed by atoms with E-state index in [1.165, 1.54) is 0 Å². The minimum absolute atomic E-state index is 0.511. The number of methoxy groups -OCH3 is 2. The Morgan fingerprint density at radius 3 is 2.54 bits per heavy atom. The van der Waals surface area contributed by atoms with Crippen LogP contribution in [0.5, 0.6) is 11.5 Å². The Hall–Kier alpha value is -2.80. The van der Waals surface area contributed by atoms with Gasteiger partial charge in [-0.3, -0.25) is 9.67 Å². The summed E-state index contributed by atoms with van der Waals surface area (Å²) >= 11 is 5.37. The lowest BCUT2D eigenvalue weighted by molar-refractivity contribution is 0.412. The molecule has 24 heavy (non-hydrogen) atoms. The smallest absolute Gasteiger partial charge is 0.200 e. The fourth-order valence-electron chi connectivity index (χ4n) is 2.40. The molecular formula is C17H18N4O2S. The minimum atomic E-state index is 0.511. The van der Waals surface area contributed by atoms with E-state index in [2.05, 4.69) is 15.5 Å². The van der Waals surface area contributed by atoms with Crippen molar-refractivity contribution in [3.05, 3.63) is 59.1 Å². The van der Waals surface area contributed by atoms with Crippen LogP contribution < -0.4 is 14.8 Å². The first kappa shape index (κ1) is 16.1. The minimum Gasteiger partial charge on any atom is -0.497 e. The lowest BCUT2D eigenvalue weighted by Gasteiger charge is -2.12. The van der Waals surface area contributed by atoms with Gasteiger partial charge in [0.2, 0.25) is 0 Å². The van der Waals surface area contributed by atoms with Crippen LogP contribution in [-0.2, 0) is 6.54 Å². The van der Waals surface area contributed by atoms with Gasteiger partial charge in [-0.25, -0.2) is 0 Å². The highest BCUT2D eigenvalue weighted by Crippen LogP contribution is 2.24. The number of para-hydroxylation sites is 2. The maximum Gasteiger partial charge on any atom is 0.200 e. The lowest BCUT2D eigenvalue weighted by Crippen LogP contribution is -2.08. The van der Waals surface area contributed by atoms with Crippen LogP contribution in [0.15, 0.2) is 48.5 Å². The molecule has 7 heteroatoms.